The second-order valence-corrected chi connectivity index (χ2v) is 8.25. The van der Waals surface area contributed by atoms with Crippen molar-refractivity contribution in [2.45, 2.75) is 18.6 Å². The van der Waals surface area contributed by atoms with E-state index in [1.807, 2.05) is 84.9 Å². The molecule has 1 aliphatic rings. The third-order valence-corrected chi connectivity index (χ3v) is 5.87. The molecule has 0 amide bonds. The lowest BCUT2D eigenvalue weighted by Gasteiger charge is -2.16. The van der Waals surface area contributed by atoms with Gasteiger partial charge in [-0.05, 0) is 47.5 Å². The van der Waals surface area contributed by atoms with Gasteiger partial charge >= 0.3 is 5.97 Å². The molecule has 0 spiro atoms. The smallest absolute Gasteiger partial charge is 0.339 e. The number of hydrogen-bond acceptors (Lipinski definition) is 4. The number of pyridine rings is 1. The molecule has 0 aliphatic carbocycles. The summed E-state index contributed by atoms with van der Waals surface area (Å²) in [5, 5.41) is 12.5. The van der Waals surface area contributed by atoms with Crippen LogP contribution in [0.3, 0.4) is 0 Å². The van der Waals surface area contributed by atoms with Crippen molar-refractivity contribution in [2.75, 3.05) is 0 Å². The number of aliphatic hydroxyl groups is 1. The van der Waals surface area contributed by atoms with Gasteiger partial charge in [0.1, 0.15) is 6.10 Å². The van der Waals surface area contributed by atoms with Crippen LogP contribution in [0.2, 0.25) is 5.02 Å². The van der Waals surface area contributed by atoms with E-state index in [0.29, 0.717) is 17.0 Å². The Kier molecular flexibility index (Phi) is 5.48. The number of carbonyl (C=O) groups excluding carboxylic acids is 1. The van der Waals surface area contributed by atoms with Crippen molar-refractivity contribution in [2.24, 2.45) is 0 Å². The number of hydrogen-bond donors (Lipinski definition) is 1. The molecule has 32 heavy (non-hydrogen) atoms. The fourth-order valence-electron chi connectivity index (χ4n) is 3.98. The summed E-state index contributed by atoms with van der Waals surface area (Å²) in [4.78, 5) is 16.7. The maximum atomic E-state index is 12.0. The highest BCUT2D eigenvalue weighted by atomic mass is 35.5. The van der Waals surface area contributed by atoms with Gasteiger partial charge in [0.15, 0.2) is 0 Å². The first-order valence-corrected chi connectivity index (χ1v) is 10.8. The quantitative estimate of drug-likeness (QED) is 0.364. The molecular formula is C27H20ClNO3. The van der Waals surface area contributed by atoms with Crippen LogP contribution in [0.25, 0.3) is 23.1 Å². The van der Waals surface area contributed by atoms with E-state index < -0.39 is 12.2 Å². The molecular weight excluding hydrogens is 422 g/mol. The standard InChI is InChI=1S/C27H20ClNO3/c28-20-11-9-18-10-13-21(29-24(18)15-20)12-8-17-4-3-5-19(14-17)25(30)16-26-22-6-1-2-7-23(22)27(31)32-26/h1-15,25-26,30H,16H2/b12-8+/t25-,26-/m0/s1. The van der Waals surface area contributed by atoms with Gasteiger partial charge in [-0.25, -0.2) is 9.78 Å². The highest BCUT2D eigenvalue weighted by Crippen LogP contribution is 2.37. The Balaban J connectivity index is 1.33. The summed E-state index contributed by atoms with van der Waals surface area (Å²) in [6.07, 6.45) is 3.00. The Morgan fingerprint density at radius 3 is 2.75 bits per heavy atom. The van der Waals surface area contributed by atoms with Crippen LogP contribution in [0.1, 0.15) is 51.4 Å². The Hall–Kier alpha value is -3.47. The topological polar surface area (TPSA) is 59.4 Å². The average Bonchev–Trinajstić information content (AvgIpc) is 3.13. The molecule has 0 saturated carbocycles. The Bertz CT molecular complexity index is 1350. The highest BCUT2D eigenvalue weighted by Gasteiger charge is 2.32. The number of esters is 1. The molecule has 1 aromatic heterocycles. The number of ether oxygens (including phenoxy) is 1. The molecule has 158 valence electrons. The van der Waals surface area contributed by atoms with Crippen LogP contribution in [0, 0.1) is 0 Å². The number of rotatable bonds is 5. The maximum Gasteiger partial charge on any atom is 0.339 e. The van der Waals surface area contributed by atoms with Gasteiger partial charge < -0.3 is 9.84 Å². The zero-order chi connectivity index (χ0) is 22.1. The Labute approximate surface area is 190 Å². The summed E-state index contributed by atoms with van der Waals surface area (Å²) in [5.74, 6) is -0.335. The van der Waals surface area contributed by atoms with E-state index in [9.17, 15) is 9.90 Å². The van der Waals surface area contributed by atoms with E-state index >= 15 is 0 Å². The van der Waals surface area contributed by atoms with Crippen molar-refractivity contribution in [1.82, 2.24) is 4.98 Å². The summed E-state index contributed by atoms with van der Waals surface area (Å²) in [6, 6.07) is 24.6. The maximum absolute atomic E-state index is 12.0. The first-order chi connectivity index (χ1) is 15.6. The van der Waals surface area contributed by atoms with Crippen LogP contribution in [0.5, 0.6) is 0 Å². The van der Waals surface area contributed by atoms with Gasteiger partial charge in [0.05, 0.1) is 22.9 Å². The van der Waals surface area contributed by atoms with Gasteiger partial charge in [-0.15, -0.1) is 0 Å². The average molecular weight is 442 g/mol. The summed E-state index contributed by atoms with van der Waals surface area (Å²) in [6.45, 7) is 0. The normalized spacial score (nSPS) is 16.3. The van der Waals surface area contributed by atoms with Crippen LogP contribution < -0.4 is 0 Å². The van der Waals surface area contributed by atoms with Crippen LogP contribution in [0.15, 0.2) is 78.9 Å². The largest absolute Gasteiger partial charge is 0.454 e. The molecule has 0 radical (unpaired) electrons. The number of nitrogens with zero attached hydrogens (tertiary/aromatic N) is 1. The summed E-state index contributed by atoms with van der Waals surface area (Å²) in [7, 11) is 0. The molecule has 5 heteroatoms. The zero-order valence-corrected chi connectivity index (χ0v) is 17.9. The molecule has 4 nitrogen and oxygen atoms in total. The summed E-state index contributed by atoms with van der Waals surface area (Å²) < 4.78 is 5.47. The van der Waals surface area contributed by atoms with Gasteiger partial charge in [-0.1, -0.05) is 66.2 Å². The number of aromatic nitrogens is 1. The van der Waals surface area contributed by atoms with Crippen molar-refractivity contribution in [3.8, 4) is 0 Å². The van der Waals surface area contributed by atoms with E-state index in [2.05, 4.69) is 4.98 Å². The highest BCUT2D eigenvalue weighted by molar-refractivity contribution is 6.31. The predicted octanol–water partition coefficient (Wildman–Crippen LogP) is 6.39. The first kappa shape index (κ1) is 20.4. The van der Waals surface area contributed by atoms with E-state index in [4.69, 9.17) is 16.3 Å². The fraction of sp³-hybridized carbons (Fsp3) is 0.111. The lowest BCUT2D eigenvalue weighted by atomic mass is 9.96. The molecule has 2 atom stereocenters. The minimum atomic E-state index is -0.756. The van der Waals surface area contributed by atoms with Gasteiger partial charge in [-0.3, -0.25) is 0 Å². The number of carbonyl (C=O) groups is 1. The summed E-state index contributed by atoms with van der Waals surface area (Å²) in [5.41, 5.74) is 4.78. The van der Waals surface area contributed by atoms with E-state index in [-0.39, 0.29) is 5.97 Å². The van der Waals surface area contributed by atoms with E-state index in [1.54, 1.807) is 6.07 Å². The minimum Gasteiger partial charge on any atom is -0.454 e. The zero-order valence-electron chi connectivity index (χ0n) is 17.1. The van der Waals surface area contributed by atoms with Crippen molar-refractivity contribution < 1.29 is 14.6 Å². The number of aliphatic hydroxyl groups excluding tert-OH is 1. The van der Waals surface area contributed by atoms with Crippen molar-refractivity contribution in [1.29, 1.82) is 0 Å². The lowest BCUT2D eigenvalue weighted by molar-refractivity contribution is 0.0234. The number of benzene rings is 3. The molecule has 2 heterocycles. The molecule has 4 aromatic rings. The van der Waals surface area contributed by atoms with Gasteiger partial charge in [0.2, 0.25) is 0 Å². The second kappa shape index (κ2) is 8.58. The predicted molar refractivity (Wildman–Crippen MR) is 126 cm³/mol. The number of cyclic esters (lactones) is 1. The molecule has 0 saturated heterocycles. The fourth-order valence-corrected chi connectivity index (χ4v) is 4.15. The number of halogens is 1. The monoisotopic (exact) mass is 441 g/mol. The Morgan fingerprint density at radius 2 is 1.84 bits per heavy atom. The molecule has 5 rings (SSSR count). The molecule has 1 N–H and O–H groups in total. The van der Waals surface area contributed by atoms with E-state index in [1.165, 1.54) is 0 Å². The van der Waals surface area contributed by atoms with Crippen molar-refractivity contribution in [3.63, 3.8) is 0 Å². The number of fused-ring (bicyclic) bond motifs is 2. The third kappa shape index (κ3) is 4.15. The van der Waals surface area contributed by atoms with Gasteiger partial charge in [-0.2, -0.15) is 0 Å². The van der Waals surface area contributed by atoms with Crippen LogP contribution in [-0.4, -0.2) is 16.1 Å². The Morgan fingerprint density at radius 1 is 1.00 bits per heavy atom. The molecule has 0 unspecified atom stereocenters. The SMILES string of the molecule is O=C1O[C@@H](C[C@H](O)c2cccc(/C=C/c3ccc4ccc(Cl)cc4n3)c2)c2ccccc21. The van der Waals surface area contributed by atoms with E-state index in [0.717, 1.165) is 33.3 Å². The second-order valence-electron chi connectivity index (χ2n) is 7.81. The molecule has 1 aliphatic heterocycles. The van der Waals surface area contributed by atoms with Crippen molar-refractivity contribution in [3.05, 3.63) is 112 Å². The molecule has 0 bridgehead atoms. The van der Waals surface area contributed by atoms with Crippen LogP contribution in [-0.2, 0) is 4.74 Å². The lowest BCUT2D eigenvalue weighted by Crippen LogP contribution is -2.06. The van der Waals surface area contributed by atoms with Crippen LogP contribution in [0.4, 0.5) is 0 Å². The van der Waals surface area contributed by atoms with Gasteiger partial charge in [0, 0.05) is 22.4 Å². The van der Waals surface area contributed by atoms with Gasteiger partial charge in [0.25, 0.3) is 0 Å². The minimum absolute atomic E-state index is 0.308. The molecule has 3 aromatic carbocycles. The summed E-state index contributed by atoms with van der Waals surface area (Å²) >= 11 is 6.08. The van der Waals surface area contributed by atoms with Crippen molar-refractivity contribution >= 4 is 40.6 Å². The van der Waals surface area contributed by atoms with Crippen LogP contribution >= 0.6 is 11.6 Å². The third-order valence-electron chi connectivity index (χ3n) is 5.63. The first-order valence-electron chi connectivity index (χ1n) is 10.4. The molecule has 0 fully saturated rings.